The van der Waals surface area contributed by atoms with E-state index in [1.165, 1.54) is 25.7 Å². The molecular weight excluding hydrogens is 198 g/mol. The van der Waals surface area contributed by atoms with Gasteiger partial charge in [-0.05, 0) is 25.2 Å². The molecule has 1 saturated carbocycles. The number of hydrogen-bond acceptors (Lipinski definition) is 1. The van der Waals surface area contributed by atoms with Crippen LogP contribution in [0, 0.1) is 5.92 Å². The van der Waals surface area contributed by atoms with Crippen LogP contribution in [0.4, 0.5) is 0 Å². The lowest BCUT2D eigenvalue weighted by Crippen LogP contribution is -2.45. The summed E-state index contributed by atoms with van der Waals surface area (Å²) in [7, 11) is 0. The zero-order valence-corrected chi connectivity index (χ0v) is 11.1. The maximum Gasteiger partial charge on any atom is 0.191 e. The molecule has 0 aromatic heterocycles. The van der Waals surface area contributed by atoms with Gasteiger partial charge in [-0.2, -0.15) is 0 Å². The van der Waals surface area contributed by atoms with Crippen LogP contribution in [-0.4, -0.2) is 30.0 Å². The second kappa shape index (κ2) is 6.77. The number of aliphatic imine (C=N–C) groups is 1. The van der Waals surface area contributed by atoms with E-state index in [-0.39, 0.29) is 0 Å². The minimum Gasteiger partial charge on any atom is -0.370 e. The van der Waals surface area contributed by atoms with Gasteiger partial charge in [0.25, 0.3) is 0 Å². The second-order valence-electron chi connectivity index (χ2n) is 5.22. The highest BCUT2D eigenvalue weighted by Crippen LogP contribution is 2.24. The summed E-state index contributed by atoms with van der Waals surface area (Å²) in [6, 6.07) is 0.642. The molecular formula is C13H27N3. The van der Waals surface area contributed by atoms with Crippen molar-refractivity contribution in [1.82, 2.24) is 4.90 Å². The number of nitrogens with two attached hydrogens (primary N) is 1. The fourth-order valence-electron chi connectivity index (χ4n) is 2.36. The molecule has 0 saturated heterocycles. The van der Waals surface area contributed by atoms with E-state index < -0.39 is 0 Å². The number of nitrogens with zero attached hydrogens (tertiary/aromatic N) is 2. The van der Waals surface area contributed by atoms with E-state index in [4.69, 9.17) is 5.73 Å². The van der Waals surface area contributed by atoms with Crippen LogP contribution < -0.4 is 5.73 Å². The summed E-state index contributed by atoms with van der Waals surface area (Å²) in [5, 5.41) is 0. The van der Waals surface area contributed by atoms with E-state index in [9.17, 15) is 0 Å². The minimum absolute atomic E-state index is 0.642. The van der Waals surface area contributed by atoms with Gasteiger partial charge in [-0.1, -0.05) is 33.6 Å². The molecule has 0 bridgehead atoms. The Kier molecular flexibility index (Phi) is 5.64. The molecule has 3 nitrogen and oxygen atoms in total. The molecule has 1 aliphatic carbocycles. The van der Waals surface area contributed by atoms with Gasteiger partial charge in [-0.15, -0.1) is 0 Å². The van der Waals surface area contributed by atoms with E-state index in [0.717, 1.165) is 25.5 Å². The van der Waals surface area contributed by atoms with Crippen molar-refractivity contribution in [2.75, 3.05) is 13.1 Å². The topological polar surface area (TPSA) is 41.6 Å². The van der Waals surface area contributed by atoms with Gasteiger partial charge in [-0.3, -0.25) is 4.99 Å². The molecule has 0 aliphatic heterocycles. The third kappa shape index (κ3) is 4.03. The van der Waals surface area contributed by atoms with Gasteiger partial charge >= 0.3 is 0 Å². The van der Waals surface area contributed by atoms with Crippen molar-refractivity contribution in [2.45, 2.75) is 58.9 Å². The van der Waals surface area contributed by atoms with Crippen molar-refractivity contribution in [3.8, 4) is 0 Å². The van der Waals surface area contributed by atoms with Crippen molar-refractivity contribution in [2.24, 2.45) is 16.6 Å². The number of hydrogen-bond donors (Lipinski definition) is 1. The van der Waals surface area contributed by atoms with Crippen LogP contribution in [0.2, 0.25) is 0 Å². The van der Waals surface area contributed by atoms with Crippen molar-refractivity contribution in [1.29, 1.82) is 0 Å². The van der Waals surface area contributed by atoms with Gasteiger partial charge < -0.3 is 10.6 Å². The lowest BCUT2D eigenvalue weighted by molar-refractivity contribution is 0.279. The van der Waals surface area contributed by atoms with E-state index in [2.05, 4.69) is 30.7 Å². The summed E-state index contributed by atoms with van der Waals surface area (Å²) in [4.78, 5) is 6.80. The molecule has 0 aromatic rings. The molecule has 1 aliphatic rings. The van der Waals surface area contributed by atoms with Crippen LogP contribution in [0.15, 0.2) is 4.99 Å². The Labute approximate surface area is 100 Å². The predicted octanol–water partition coefficient (Wildman–Crippen LogP) is 2.61. The lowest BCUT2D eigenvalue weighted by atomic mass is 10.1. The van der Waals surface area contributed by atoms with Crippen LogP contribution in [-0.2, 0) is 0 Å². The fraction of sp³-hybridized carbons (Fsp3) is 0.923. The maximum absolute atomic E-state index is 6.11. The minimum atomic E-state index is 0.642. The Bertz CT molecular complexity index is 217. The Morgan fingerprint density at radius 3 is 2.50 bits per heavy atom. The molecule has 0 spiro atoms. The van der Waals surface area contributed by atoms with Gasteiger partial charge in [0.15, 0.2) is 5.96 Å². The summed E-state index contributed by atoms with van der Waals surface area (Å²) >= 11 is 0. The van der Waals surface area contributed by atoms with Crippen molar-refractivity contribution < 1.29 is 0 Å². The van der Waals surface area contributed by atoms with Crippen LogP contribution in [0.3, 0.4) is 0 Å². The highest BCUT2D eigenvalue weighted by atomic mass is 15.3. The van der Waals surface area contributed by atoms with E-state index >= 15 is 0 Å². The lowest BCUT2D eigenvalue weighted by Gasteiger charge is -2.31. The molecule has 3 heteroatoms. The van der Waals surface area contributed by atoms with Crippen LogP contribution in [0.1, 0.15) is 52.9 Å². The molecule has 0 radical (unpaired) electrons. The Balaban J connectivity index is 2.61. The molecule has 0 amide bonds. The average molecular weight is 225 g/mol. The monoisotopic (exact) mass is 225 g/mol. The third-order valence-corrected chi connectivity index (χ3v) is 3.12. The Morgan fingerprint density at radius 1 is 1.38 bits per heavy atom. The van der Waals surface area contributed by atoms with Crippen LogP contribution >= 0.6 is 0 Å². The van der Waals surface area contributed by atoms with Gasteiger partial charge in [0, 0.05) is 19.1 Å². The third-order valence-electron chi connectivity index (χ3n) is 3.12. The smallest absolute Gasteiger partial charge is 0.191 e. The molecule has 0 aromatic carbocycles. The van der Waals surface area contributed by atoms with E-state index in [0.29, 0.717) is 12.0 Å². The summed E-state index contributed by atoms with van der Waals surface area (Å²) in [6.07, 6.45) is 6.34. The molecule has 0 unspecified atom stereocenters. The first-order valence-electron chi connectivity index (χ1n) is 6.71. The Morgan fingerprint density at radius 2 is 2.00 bits per heavy atom. The largest absolute Gasteiger partial charge is 0.370 e. The summed E-state index contributed by atoms with van der Waals surface area (Å²) in [6.45, 7) is 8.53. The fourth-order valence-corrected chi connectivity index (χ4v) is 2.36. The average Bonchev–Trinajstić information content (AvgIpc) is 2.75. The maximum atomic E-state index is 6.11. The second-order valence-corrected chi connectivity index (χ2v) is 5.22. The first-order valence-corrected chi connectivity index (χ1v) is 6.71. The number of guanidine groups is 1. The summed E-state index contributed by atoms with van der Waals surface area (Å²) in [5.41, 5.74) is 6.11. The summed E-state index contributed by atoms with van der Waals surface area (Å²) in [5.74, 6) is 1.42. The number of rotatable bonds is 5. The quantitative estimate of drug-likeness (QED) is 0.577. The van der Waals surface area contributed by atoms with Gasteiger partial charge in [0.2, 0.25) is 0 Å². The Hall–Kier alpha value is -0.730. The van der Waals surface area contributed by atoms with E-state index in [1.807, 2.05) is 0 Å². The van der Waals surface area contributed by atoms with Crippen LogP contribution in [0.5, 0.6) is 0 Å². The van der Waals surface area contributed by atoms with Gasteiger partial charge in [0.05, 0.1) is 0 Å². The van der Waals surface area contributed by atoms with E-state index in [1.54, 1.807) is 0 Å². The highest BCUT2D eigenvalue weighted by molar-refractivity contribution is 5.78. The van der Waals surface area contributed by atoms with Crippen molar-refractivity contribution in [3.63, 3.8) is 0 Å². The van der Waals surface area contributed by atoms with Gasteiger partial charge in [-0.25, -0.2) is 0 Å². The molecule has 0 heterocycles. The molecule has 94 valence electrons. The zero-order chi connectivity index (χ0) is 12.0. The first kappa shape index (κ1) is 13.3. The van der Waals surface area contributed by atoms with Crippen molar-refractivity contribution in [3.05, 3.63) is 0 Å². The van der Waals surface area contributed by atoms with Crippen molar-refractivity contribution >= 4 is 5.96 Å². The molecule has 1 rings (SSSR count). The molecule has 1 fully saturated rings. The van der Waals surface area contributed by atoms with Gasteiger partial charge in [0.1, 0.15) is 0 Å². The SMILES string of the molecule is CCCN=C(N)N(CC(C)C)C1CCCC1. The summed E-state index contributed by atoms with van der Waals surface area (Å²) < 4.78 is 0. The van der Waals surface area contributed by atoms with Crippen LogP contribution in [0.25, 0.3) is 0 Å². The standard InChI is InChI=1S/C13H27N3/c1-4-9-15-13(14)16(10-11(2)3)12-7-5-6-8-12/h11-12H,4-10H2,1-3H3,(H2,14,15). The molecule has 2 N–H and O–H groups in total. The zero-order valence-electron chi connectivity index (χ0n) is 11.1. The first-order chi connectivity index (χ1) is 7.65. The predicted molar refractivity (Wildman–Crippen MR) is 70.6 cm³/mol. The molecule has 16 heavy (non-hydrogen) atoms. The highest BCUT2D eigenvalue weighted by Gasteiger charge is 2.24. The normalized spacial score (nSPS) is 18.4. The molecule has 0 atom stereocenters.